The molecule has 0 N–H and O–H groups in total. The molecular weight excluding hydrogens is 737 g/mol. The highest BCUT2D eigenvalue weighted by atomic mass is 14.9. The van der Waals surface area contributed by atoms with E-state index in [1.807, 2.05) is 24.3 Å². The van der Waals surface area contributed by atoms with Gasteiger partial charge in [0.05, 0.1) is 16.8 Å². The molecule has 12 rings (SSSR count). The van der Waals surface area contributed by atoms with E-state index in [1.54, 1.807) is 0 Å². The molecule has 0 atom stereocenters. The number of hydrogen-bond acceptors (Lipinski definition) is 2. The van der Waals surface area contributed by atoms with Gasteiger partial charge >= 0.3 is 0 Å². The second-order valence-electron chi connectivity index (χ2n) is 16.0. The van der Waals surface area contributed by atoms with Crippen molar-refractivity contribution in [2.24, 2.45) is 0 Å². The van der Waals surface area contributed by atoms with Crippen molar-refractivity contribution < 1.29 is 0 Å². The van der Waals surface area contributed by atoms with Crippen molar-refractivity contribution in [2.45, 2.75) is 5.41 Å². The van der Waals surface area contributed by atoms with Gasteiger partial charge in [-0.1, -0.05) is 212 Å². The summed E-state index contributed by atoms with van der Waals surface area (Å²) >= 11 is 0. The first-order chi connectivity index (χ1) is 30.3. The number of nitrogens with zero attached hydrogens (tertiary/aromatic N) is 2. The second-order valence-corrected chi connectivity index (χ2v) is 16.0. The van der Waals surface area contributed by atoms with E-state index in [1.165, 1.54) is 76.8 Å². The van der Waals surface area contributed by atoms with E-state index in [0.717, 1.165) is 28.1 Å². The van der Waals surface area contributed by atoms with Gasteiger partial charge in [0, 0.05) is 16.7 Å². The van der Waals surface area contributed by atoms with Gasteiger partial charge in [-0.25, -0.2) is 9.97 Å². The lowest BCUT2D eigenvalue weighted by Gasteiger charge is -2.33. The topological polar surface area (TPSA) is 25.8 Å². The fourth-order valence-corrected chi connectivity index (χ4v) is 10.1. The van der Waals surface area contributed by atoms with E-state index in [0.29, 0.717) is 5.82 Å². The van der Waals surface area contributed by atoms with Crippen LogP contribution in [0.4, 0.5) is 0 Å². The third-order valence-electron chi connectivity index (χ3n) is 12.8. The van der Waals surface area contributed by atoms with Crippen molar-refractivity contribution in [1.29, 1.82) is 0 Å². The molecule has 0 fully saturated rings. The maximum Gasteiger partial charge on any atom is 0.160 e. The molecule has 61 heavy (non-hydrogen) atoms. The highest BCUT2D eigenvalue weighted by Crippen LogP contribution is 2.57. The molecule has 1 aliphatic rings. The van der Waals surface area contributed by atoms with E-state index in [4.69, 9.17) is 9.97 Å². The first-order valence-corrected chi connectivity index (χ1v) is 21.0. The monoisotopic (exact) mass is 774 g/mol. The van der Waals surface area contributed by atoms with Crippen molar-refractivity contribution in [2.75, 3.05) is 0 Å². The zero-order valence-corrected chi connectivity index (χ0v) is 33.3. The Kier molecular flexibility index (Phi) is 8.11. The Labute approximate surface area is 355 Å². The molecule has 0 spiro atoms. The van der Waals surface area contributed by atoms with E-state index in [9.17, 15) is 0 Å². The second kappa shape index (κ2) is 14.1. The number of benzene rings is 10. The van der Waals surface area contributed by atoms with Crippen LogP contribution in [-0.4, -0.2) is 9.97 Å². The fraction of sp³-hybridized carbons (Fsp3) is 0.0169. The molecule has 0 radical (unpaired) electrons. The van der Waals surface area contributed by atoms with Crippen molar-refractivity contribution in [1.82, 2.24) is 9.97 Å². The van der Waals surface area contributed by atoms with Crippen molar-refractivity contribution in [3.63, 3.8) is 0 Å². The summed E-state index contributed by atoms with van der Waals surface area (Å²) in [6, 6.07) is 83.6. The summed E-state index contributed by atoms with van der Waals surface area (Å²) in [5.74, 6) is 0.712. The van der Waals surface area contributed by atoms with Gasteiger partial charge in [0.15, 0.2) is 5.82 Å². The summed E-state index contributed by atoms with van der Waals surface area (Å²) in [5.41, 5.74) is 14.6. The fourth-order valence-electron chi connectivity index (χ4n) is 10.1. The third-order valence-corrected chi connectivity index (χ3v) is 12.8. The Morgan fingerprint density at radius 3 is 1.49 bits per heavy atom. The van der Waals surface area contributed by atoms with Crippen LogP contribution in [-0.2, 0) is 5.41 Å². The van der Waals surface area contributed by atoms with Gasteiger partial charge in [0.25, 0.3) is 0 Å². The first-order valence-electron chi connectivity index (χ1n) is 21.0. The zero-order valence-electron chi connectivity index (χ0n) is 33.3. The SMILES string of the molecule is c1ccc(-c2cc(-c3ccc4c(c3)c3ccccc3c3cccc(-c5ccc6c(c5)-c5ccccc5C6(c5ccccc5)c5ccccc5)c34)nc(-c3ccccc3)n2)cc1. The minimum atomic E-state index is -0.438. The number of fused-ring (bicyclic) bond motifs is 9. The molecule has 0 bridgehead atoms. The van der Waals surface area contributed by atoms with Crippen molar-refractivity contribution >= 4 is 32.3 Å². The molecule has 2 heteroatoms. The van der Waals surface area contributed by atoms with Crippen LogP contribution < -0.4 is 0 Å². The lowest BCUT2D eigenvalue weighted by Crippen LogP contribution is -2.28. The quantitative estimate of drug-likeness (QED) is 0.157. The zero-order chi connectivity index (χ0) is 40.3. The van der Waals surface area contributed by atoms with Gasteiger partial charge < -0.3 is 0 Å². The van der Waals surface area contributed by atoms with Gasteiger partial charge in [-0.05, 0) is 95.0 Å². The minimum absolute atomic E-state index is 0.438. The van der Waals surface area contributed by atoms with Crippen LogP contribution >= 0.6 is 0 Å². The smallest absolute Gasteiger partial charge is 0.160 e. The molecule has 1 heterocycles. The standard InChI is InChI=1S/C59H38N2/c1-5-18-39(19-6-1)55-38-56(61-58(60-55)40-20-7-2-8-21-40)42-32-34-50-51(37-42)47-27-14-13-26-46(47)49-30-17-29-45(57(49)50)41-33-35-54-52(36-41)48-28-15-16-31-53(48)59(54,43-22-9-3-10-23-43)44-24-11-4-12-25-44/h1-38H. The molecule has 0 saturated heterocycles. The summed E-state index contributed by atoms with van der Waals surface area (Å²) in [5, 5.41) is 7.38. The Morgan fingerprint density at radius 1 is 0.279 bits per heavy atom. The molecule has 11 aromatic rings. The van der Waals surface area contributed by atoms with Gasteiger partial charge in [0.2, 0.25) is 0 Å². The highest BCUT2D eigenvalue weighted by molar-refractivity contribution is 6.29. The molecule has 284 valence electrons. The number of aromatic nitrogens is 2. The van der Waals surface area contributed by atoms with Gasteiger partial charge in [-0.15, -0.1) is 0 Å². The predicted molar refractivity (Wildman–Crippen MR) is 254 cm³/mol. The lowest BCUT2D eigenvalue weighted by atomic mass is 9.67. The number of hydrogen-bond donors (Lipinski definition) is 0. The van der Waals surface area contributed by atoms with Crippen LogP contribution in [0.25, 0.3) is 88.5 Å². The van der Waals surface area contributed by atoms with Crippen LogP contribution in [0.15, 0.2) is 231 Å². The summed E-state index contributed by atoms with van der Waals surface area (Å²) < 4.78 is 0. The third kappa shape index (κ3) is 5.50. The molecule has 0 saturated carbocycles. The van der Waals surface area contributed by atoms with Gasteiger partial charge in [-0.2, -0.15) is 0 Å². The van der Waals surface area contributed by atoms with E-state index < -0.39 is 5.41 Å². The predicted octanol–water partition coefficient (Wildman–Crippen LogP) is 15.0. The Hall–Kier alpha value is -7.94. The Morgan fingerprint density at radius 2 is 0.787 bits per heavy atom. The Balaban J connectivity index is 1.09. The minimum Gasteiger partial charge on any atom is -0.228 e. The van der Waals surface area contributed by atoms with Crippen molar-refractivity contribution in [3.05, 3.63) is 253 Å². The Bertz CT molecular complexity index is 3350. The van der Waals surface area contributed by atoms with Crippen molar-refractivity contribution in [3.8, 4) is 56.2 Å². The average Bonchev–Trinajstić information content (AvgIpc) is 3.65. The van der Waals surface area contributed by atoms with Gasteiger partial charge in [-0.3, -0.25) is 0 Å². The molecule has 1 aromatic heterocycles. The molecule has 2 nitrogen and oxygen atoms in total. The maximum atomic E-state index is 5.21. The summed E-state index contributed by atoms with van der Waals surface area (Å²) in [6.45, 7) is 0. The molecule has 0 aliphatic heterocycles. The van der Waals surface area contributed by atoms with Crippen LogP contribution in [0, 0.1) is 0 Å². The van der Waals surface area contributed by atoms with Crippen LogP contribution in [0.3, 0.4) is 0 Å². The largest absolute Gasteiger partial charge is 0.228 e. The highest BCUT2D eigenvalue weighted by Gasteiger charge is 2.46. The van der Waals surface area contributed by atoms with Crippen LogP contribution in [0.5, 0.6) is 0 Å². The lowest BCUT2D eigenvalue weighted by molar-refractivity contribution is 0.768. The summed E-state index contributed by atoms with van der Waals surface area (Å²) in [4.78, 5) is 10.3. The van der Waals surface area contributed by atoms with Crippen LogP contribution in [0.1, 0.15) is 22.3 Å². The van der Waals surface area contributed by atoms with Gasteiger partial charge in [0.1, 0.15) is 0 Å². The van der Waals surface area contributed by atoms with Crippen LogP contribution in [0.2, 0.25) is 0 Å². The van der Waals surface area contributed by atoms with E-state index >= 15 is 0 Å². The average molecular weight is 775 g/mol. The first kappa shape index (κ1) is 35.0. The molecule has 0 unspecified atom stereocenters. The molecule has 10 aromatic carbocycles. The number of rotatable bonds is 6. The molecule has 1 aliphatic carbocycles. The summed E-state index contributed by atoms with van der Waals surface area (Å²) in [6.07, 6.45) is 0. The van der Waals surface area contributed by atoms with E-state index in [-0.39, 0.29) is 0 Å². The molecule has 0 amide bonds. The maximum absolute atomic E-state index is 5.21. The van der Waals surface area contributed by atoms with E-state index in [2.05, 4.69) is 206 Å². The molecular formula is C59H38N2. The summed E-state index contributed by atoms with van der Waals surface area (Å²) in [7, 11) is 0. The normalized spacial score (nSPS) is 12.7.